The lowest BCUT2D eigenvalue weighted by molar-refractivity contribution is 0.276. The number of thiazole rings is 1. The molecule has 1 aromatic heterocycles. The van der Waals surface area contributed by atoms with Crippen LogP contribution in [0.15, 0.2) is 36.5 Å². The molecule has 0 spiro atoms. The zero-order valence-electron chi connectivity index (χ0n) is 11.2. The highest BCUT2D eigenvalue weighted by molar-refractivity contribution is 7.15. The van der Waals surface area contributed by atoms with Crippen LogP contribution in [-0.4, -0.2) is 29.5 Å². The molecule has 20 heavy (non-hydrogen) atoms. The van der Waals surface area contributed by atoms with Crippen LogP contribution < -0.4 is 5.73 Å². The van der Waals surface area contributed by atoms with Gasteiger partial charge >= 0.3 is 0 Å². The number of halogens is 2. The Balaban J connectivity index is 0.00000200. The Labute approximate surface area is 135 Å². The van der Waals surface area contributed by atoms with Crippen molar-refractivity contribution in [2.75, 3.05) is 19.6 Å². The molecule has 0 unspecified atom stereocenters. The van der Waals surface area contributed by atoms with Crippen molar-refractivity contribution < 1.29 is 0 Å². The number of hydrogen-bond donors (Lipinski definition) is 1. The van der Waals surface area contributed by atoms with E-state index >= 15 is 0 Å². The average molecular weight is 332 g/mol. The Bertz CT molecular complexity index is 490. The summed E-state index contributed by atoms with van der Waals surface area (Å²) in [5, 5.41) is 1.05. The molecule has 0 atom stereocenters. The maximum absolute atomic E-state index is 5.91. The van der Waals surface area contributed by atoms with E-state index in [9.17, 15) is 0 Å². The second-order valence-electron chi connectivity index (χ2n) is 4.36. The van der Waals surface area contributed by atoms with E-state index < -0.39 is 0 Å². The molecule has 0 aliphatic carbocycles. The number of nitrogens with zero attached hydrogens (tertiary/aromatic N) is 2. The van der Waals surface area contributed by atoms with E-state index in [0.717, 1.165) is 35.4 Å². The summed E-state index contributed by atoms with van der Waals surface area (Å²) >= 11 is 7.44. The molecule has 2 aromatic rings. The Hall–Kier alpha value is -0.650. The first-order valence-corrected chi connectivity index (χ1v) is 7.54. The second-order valence-corrected chi connectivity index (χ2v) is 6.11. The topological polar surface area (TPSA) is 42.1 Å². The third kappa shape index (κ3) is 5.77. The van der Waals surface area contributed by atoms with E-state index in [1.54, 1.807) is 6.20 Å². The van der Waals surface area contributed by atoms with Crippen LogP contribution in [-0.2, 0) is 13.0 Å². The lowest BCUT2D eigenvalue weighted by Gasteiger charge is -2.20. The Morgan fingerprint density at radius 2 is 1.95 bits per heavy atom. The highest BCUT2D eigenvalue weighted by Crippen LogP contribution is 2.19. The van der Waals surface area contributed by atoms with Gasteiger partial charge in [0.1, 0.15) is 9.34 Å². The van der Waals surface area contributed by atoms with Gasteiger partial charge in [-0.3, -0.25) is 4.90 Å². The van der Waals surface area contributed by atoms with E-state index in [0.29, 0.717) is 6.54 Å². The molecule has 3 nitrogen and oxygen atoms in total. The summed E-state index contributed by atoms with van der Waals surface area (Å²) in [5.41, 5.74) is 7.02. The van der Waals surface area contributed by atoms with E-state index in [4.69, 9.17) is 17.3 Å². The maximum atomic E-state index is 5.91. The zero-order valence-corrected chi connectivity index (χ0v) is 13.6. The molecule has 0 saturated heterocycles. The Morgan fingerprint density at radius 3 is 2.55 bits per heavy atom. The van der Waals surface area contributed by atoms with Gasteiger partial charge in [0, 0.05) is 19.6 Å². The summed E-state index contributed by atoms with van der Waals surface area (Å²) in [5.74, 6) is 0. The quantitative estimate of drug-likeness (QED) is 0.846. The summed E-state index contributed by atoms with van der Waals surface area (Å²) < 4.78 is 0.741. The van der Waals surface area contributed by atoms with Crippen LogP contribution in [0, 0.1) is 0 Å². The lowest BCUT2D eigenvalue weighted by atomic mass is 10.1. The number of rotatable bonds is 7. The van der Waals surface area contributed by atoms with Crippen LogP contribution in [0.1, 0.15) is 10.6 Å². The van der Waals surface area contributed by atoms with E-state index in [1.165, 1.54) is 16.9 Å². The standard InChI is InChI=1S/C14H18ClN3S.ClH/c15-13-10-17-14(19-13)11-18(9-7-16)8-6-12-4-2-1-3-5-12;/h1-5,10H,6-9,11,16H2;1H. The van der Waals surface area contributed by atoms with Crippen molar-refractivity contribution in [3.05, 3.63) is 51.4 Å². The molecule has 6 heteroatoms. The fourth-order valence-electron chi connectivity index (χ4n) is 1.94. The molecule has 0 fully saturated rings. The summed E-state index contributed by atoms with van der Waals surface area (Å²) in [6.45, 7) is 3.35. The van der Waals surface area contributed by atoms with Gasteiger partial charge in [0.25, 0.3) is 0 Å². The smallest absolute Gasteiger partial charge is 0.113 e. The summed E-state index contributed by atoms with van der Waals surface area (Å²) in [7, 11) is 0. The van der Waals surface area contributed by atoms with Crippen LogP contribution in [0.3, 0.4) is 0 Å². The fourth-order valence-corrected chi connectivity index (χ4v) is 2.94. The lowest BCUT2D eigenvalue weighted by Crippen LogP contribution is -2.31. The minimum atomic E-state index is 0. The molecule has 2 rings (SSSR count). The first-order chi connectivity index (χ1) is 9.28. The zero-order chi connectivity index (χ0) is 13.5. The second kappa shape index (κ2) is 9.32. The van der Waals surface area contributed by atoms with Gasteiger partial charge in [0.2, 0.25) is 0 Å². The minimum Gasteiger partial charge on any atom is -0.329 e. The van der Waals surface area contributed by atoms with Crippen LogP contribution in [0.5, 0.6) is 0 Å². The summed E-state index contributed by atoms with van der Waals surface area (Å²) in [6.07, 6.45) is 2.74. The molecule has 0 saturated carbocycles. The molecule has 110 valence electrons. The monoisotopic (exact) mass is 331 g/mol. The number of hydrogen-bond acceptors (Lipinski definition) is 4. The molecule has 0 aliphatic rings. The normalized spacial score (nSPS) is 10.6. The molecule has 0 bridgehead atoms. The first kappa shape index (κ1) is 17.4. The van der Waals surface area contributed by atoms with Crippen molar-refractivity contribution in [3.63, 3.8) is 0 Å². The maximum Gasteiger partial charge on any atom is 0.113 e. The predicted molar refractivity (Wildman–Crippen MR) is 88.8 cm³/mol. The van der Waals surface area contributed by atoms with Crippen LogP contribution in [0.4, 0.5) is 0 Å². The van der Waals surface area contributed by atoms with E-state index in [2.05, 4.69) is 34.1 Å². The van der Waals surface area contributed by atoms with Gasteiger partial charge in [-0.15, -0.1) is 23.7 Å². The SMILES string of the molecule is Cl.NCCN(CCc1ccccc1)Cc1ncc(Cl)s1. The molecular weight excluding hydrogens is 313 g/mol. The van der Waals surface area contributed by atoms with Gasteiger partial charge in [0.15, 0.2) is 0 Å². The summed E-state index contributed by atoms with van der Waals surface area (Å²) in [4.78, 5) is 6.62. The first-order valence-electron chi connectivity index (χ1n) is 6.34. The van der Waals surface area contributed by atoms with Gasteiger partial charge < -0.3 is 5.73 Å². The van der Waals surface area contributed by atoms with Gasteiger partial charge in [-0.2, -0.15) is 0 Å². The van der Waals surface area contributed by atoms with E-state index in [1.807, 2.05) is 6.07 Å². The number of nitrogens with two attached hydrogens (primary N) is 1. The largest absolute Gasteiger partial charge is 0.329 e. The van der Waals surface area contributed by atoms with Gasteiger partial charge in [-0.1, -0.05) is 41.9 Å². The molecule has 0 aliphatic heterocycles. The van der Waals surface area contributed by atoms with Gasteiger partial charge in [0.05, 0.1) is 12.7 Å². The number of aromatic nitrogens is 1. The van der Waals surface area contributed by atoms with Gasteiger partial charge in [-0.25, -0.2) is 4.98 Å². The average Bonchev–Trinajstić information content (AvgIpc) is 2.83. The Morgan fingerprint density at radius 1 is 1.20 bits per heavy atom. The molecular formula is C14H19Cl2N3S. The van der Waals surface area contributed by atoms with Crippen molar-refractivity contribution in [3.8, 4) is 0 Å². The highest BCUT2D eigenvalue weighted by Gasteiger charge is 2.08. The molecule has 1 aromatic carbocycles. The third-order valence-corrected chi connectivity index (χ3v) is 3.99. The molecule has 2 N–H and O–H groups in total. The van der Waals surface area contributed by atoms with Crippen molar-refractivity contribution in [2.24, 2.45) is 5.73 Å². The van der Waals surface area contributed by atoms with Crippen molar-refractivity contribution in [2.45, 2.75) is 13.0 Å². The van der Waals surface area contributed by atoms with Crippen molar-refractivity contribution in [1.29, 1.82) is 0 Å². The fraction of sp³-hybridized carbons (Fsp3) is 0.357. The predicted octanol–water partition coefficient (Wildman–Crippen LogP) is 3.22. The highest BCUT2D eigenvalue weighted by atomic mass is 35.5. The molecule has 0 radical (unpaired) electrons. The molecule has 1 heterocycles. The van der Waals surface area contributed by atoms with Crippen molar-refractivity contribution >= 4 is 35.3 Å². The third-order valence-electron chi connectivity index (χ3n) is 2.89. The van der Waals surface area contributed by atoms with Crippen LogP contribution in [0.25, 0.3) is 0 Å². The van der Waals surface area contributed by atoms with Crippen molar-refractivity contribution in [1.82, 2.24) is 9.88 Å². The van der Waals surface area contributed by atoms with Crippen LogP contribution >= 0.6 is 35.3 Å². The van der Waals surface area contributed by atoms with E-state index in [-0.39, 0.29) is 12.4 Å². The molecule has 0 amide bonds. The van der Waals surface area contributed by atoms with Crippen LogP contribution in [0.2, 0.25) is 4.34 Å². The Kier molecular flexibility index (Phi) is 8.11. The number of benzene rings is 1. The van der Waals surface area contributed by atoms with Gasteiger partial charge in [-0.05, 0) is 12.0 Å². The minimum absolute atomic E-state index is 0. The summed E-state index contributed by atoms with van der Waals surface area (Å²) in [6, 6.07) is 10.5.